The van der Waals surface area contributed by atoms with Crippen LogP contribution in [0.2, 0.25) is 0 Å². The van der Waals surface area contributed by atoms with Gasteiger partial charge in [0.1, 0.15) is 5.75 Å². The molecule has 1 aliphatic rings. The number of aryl methyl sites for hydroxylation is 1. The monoisotopic (exact) mass is 382 g/mol. The molecule has 1 heterocycles. The molecule has 0 spiro atoms. The van der Waals surface area contributed by atoms with Crippen LogP contribution in [0, 0.1) is 12.8 Å². The highest BCUT2D eigenvalue weighted by molar-refractivity contribution is 5.85. The molecule has 1 aromatic carbocycles. The Kier molecular flexibility index (Phi) is 9.45. The first kappa shape index (κ1) is 22.8. The predicted octanol–water partition coefficient (Wildman–Crippen LogP) is 4.16. The average molecular weight is 383 g/mol. The Morgan fingerprint density at radius 1 is 1.27 bits per heavy atom. The number of piperidine rings is 1. The number of nitrogens with zero attached hydrogens (tertiary/aromatic N) is 1. The van der Waals surface area contributed by atoms with Gasteiger partial charge in [-0.2, -0.15) is 0 Å². The van der Waals surface area contributed by atoms with Crippen molar-refractivity contribution in [2.45, 2.75) is 59.0 Å². The summed E-state index contributed by atoms with van der Waals surface area (Å²) >= 11 is 0. The smallest absolute Gasteiger partial charge is 0.263 e. The van der Waals surface area contributed by atoms with E-state index in [0.29, 0.717) is 5.92 Å². The van der Waals surface area contributed by atoms with E-state index in [2.05, 4.69) is 32.2 Å². The summed E-state index contributed by atoms with van der Waals surface area (Å²) in [5.74, 6) is 2.13. The zero-order valence-corrected chi connectivity index (χ0v) is 17.7. The van der Waals surface area contributed by atoms with E-state index in [9.17, 15) is 4.79 Å². The number of hydrogen-bond acceptors (Lipinski definition) is 3. The van der Waals surface area contributed by atoms with Crippen LogP contribution in [-0.2, 0) is 4.79 Å². The van der Waals surface area contributed by atoms with Gasteiger partial charge in [0.2, 0.25) is 0 Å². The minimum absolute atomic E-state index is 0. The van der Waals surface area contributed by atoms with E-state index in [-0.39, 0.29) is 18.3 Å². The number of amides is 1. The SMILES string of the molecule is CNCCC1CCN(C(=O)C(C)Oc2ccc(C(C)C)c(C)c2)CC1.Cl. The lowest BCUT2D eigenvalue weighted by atomic mass is 9.93. The van der Waals surface area contributed by atoms with Gasteiger partial charge < -0.3 is 15.0 Å². The molecule has 0 saturated carbocycles. The van der Waals surface area contributed by atoms with Gasteiger partial charge in [-0.05, 0) is 81.8 Å². The second-order valence-corrected chi connectivity index (χ2v) is 7.59. The summed E-state index contributed by atoms with van der Waals surface area (Å²) in [5.41, 5.74) is 2.55. The molecule has 5 heteroatoms. The zero-order chi connectivity index (χ0) is 18.4. The third-order valence-corrected chi connectivity index (χ3v) is 5.25. The van der Waals surface area contributed by atoms with Crippen LogP contribution < -0.4 is 10.1 Å². The first-order valence-electron chi connectivity index (χ1n) is 9.63. The van der Waals surface area contributed by atoms with E-state index in [1.165, 1.54) is 17.5 Å². The molecule has 0 aromatic heterocycles. The Morgan fingerprint density at radius 3 is 2.46 bits per heavy atom. The molecule has 1 unspecified atom stereocenters. The molecule has 2 rings (SSSR count). The highest BCUT2D eigenvalue weighted by Crippen LogP contribution is 2.25. The molecule has 1 N–H and O–H groups in total. The van der Waals surface area contributed by atoms with E-state index in [0.717, 1.165) is 44.1 Å². The van der Waals surface area contributed by atoms with E-state index < -0.39 is 6.10 Å². The number of nitrogens with one attached hydrogen (secondary N) is 1. The first-order valence-corrected chi connectivity index (χ1v) is 9.63. The molecular weight excluding hydrogens is 348 g/mol. The minimum Gasteiger partial charge on any atom is -0.481 e. The molecule has 26 heavy (non-hydrogen) atoms. The van der Waals surface area contributed by atoms with Crippen LogP contribution in [0.4, 0.5) is 0 Å². The standard InChI is InChI=1S/C21H34N2O2.ClH/c1-15(2)20-7-6-19(14-16(20)3)25-17(4)21(24)23-12-9-18(10-13-23)8-11-22-5;/h6-7,14-15,17-18,22H,8-13H2,1-5H3;1H. The third kappa shape index (κ3) is 6.17. The van der Waals surface area contributed by atoms with Crippen molar-refractivity contribution < 1.29 is 9.53 Å². The fourth-order valence-electron chi connectivity index (χ4n) is 3.67. The molecule has 1 aromatic rings. The summed E-state index contributed by atoms with van der Waals surface area (Å²) in [6, 6.07) is 6.14. The van der Waals surface area contributed by atoms with Crippen molar-refractivity contribution in [1.82, 2.24) is 10.2 Å². The fourth-order valence-corrected chi connectivity index (χ4v) is 3.67. The summed E-state index contributed by atoms with van der Waals surface area (Å²) in [4.78, 5) is 14.6. The normalized spacial score (nSPS) is 16.3. The lowest BCUT2D eigenvalue weighted by Crippen LogP contribution is -2.45. The maximum Gasteiger partial charge on any atom is 0.263 e. The number of ether oxygens (including phenoxy) is 1. The molecule has 4 nitrogen and oxygen atoms in total. The zero-order valence-electron chi connectivity index (χ0n) is 16.9. The number of carbonyl (C=O) groups excluding carboxylic acids is 1. The van der Waals surface area contributed by atoms with Crippen molar-refractivity contribution >= 4 is 18.3 Å². The number of benzene rings is 1. The highest BCUT2D eigenvalue weighted by Gasteiger charge is 2.26. The van der Waals surface area contributed by atoms with Crippen LogP contribution in [0.1, 0.15) is 57.1 Å². The molecule has 0 bridgehead atoms. The van der Waals surface area contributed by atoms with Crippen molar-refractivity contribution in [3.05, 3.63) is 29.3 Å². The maximum atomic E-state index is 12.7. The molecule has 1 fully saturated rings. The molecule has 1 atom stereocenters. The van der Waals surface area contributed by atoms with Gasteiger partial charge >= 0.3 is 0 Å². The molecule has 1 saturated heterocycles. The van der Waals surface area contributed by atoms with Gasteiger partial charge in [-0.15, -0.1) is 12.4 Å². The summed E-state index contributed by atoms with van der Waals surface area (Å²) < 4.78 is 5.94. The van der Waals surface area contributed by atoms with Crippen LogP contribution in [-0.4, -0.2) is 43.6 Å². The van der Waals surface area contributed by atoms with E-state index in [4.69, 9.17) is 4.74 Å². The topological polar surface area (TPSA) is 41.6 Å². The van der Waals surface area contributed by atoms with Crippen molar-refractivity contribution in [3.63, 3.8) is 0 Å². The summed E-state index contributed by atoms with van der Waals surface area (Å²) in [7, 11) is 1.99. The number of likely N-dealkylation sites (tertiary alicyclic amines) is 1. The third-order valence-electron chi connectivity index (χ3n) is 5.25. The van der Waals surface area contributed by atoms with Gasteiger partial charge in [0, 0.05) is 13.1 Å². The number of hydrogen-bond donors (Lipinski definition) is 1. The quantitative estimate of drug-likeness (QED) is 0.769. The summed E-state index contributed by atoms with van der Waals surface area (Å²) in [5, 5.41) is 3.21. The number of carbonyl (C=O) groups is 1. The molecular formula is C21H35ClN2O2. The summed E-state index contributed by atoms with van der Waals surface area (Å²) in [6.45, 7) is 11.1. The van der Waals surface area contributed by atoms with Crippen LogP contribution in [0.5, 0.6) is 5.75 Å². The van der Waals surface area contributed by atoms with Gasteiger partial charge in [0.15, 0.2) is 6.10 Å². The average Bonchev–Trinajstić information content (AvgIpc) is 2.59. The molecule has 0 aliphatic carbocycles. The van der Waals surface area contributed by atoms with Crippen LogP contribution in [0.3, 0.4) is 0 Å². The molecule has 148 valence electrons. The largest absolute Gasteiger partial charge is 0.481 e. The Bertz CT molecular complexity index is 569. The minimum atomic E-state index is -0.432. The van der Waals surface area contributed by atoms with Gasteiger partial charge in [-0.1, -0.05) is 19.9 Å². The molecule has 1 amide bonds. The number of halogens is 1. The predicted molar refractivity (Wildman–Crippen MR) is 110 cm³/mol. The lowest BCUT2D eigenvalue weighted by Gasteiger charge is -2.33. The Hall–Kier alpha value is -1.26. The molecule has 0 radical (unpaired) electrons. The second-order valence-electron chi connectivity index (χ2n) is 7.59. The van der Waals surface area contributed by atoms with E-state index in [1.807, 2.05) is 31.0 Å². The highest BCUT2D eigenvalue weighted by atomic mass is 35.5. The van der Waals surface area contributed by atoms with Crippen molar-refractivity contribution in [3.8, 4) is 5.75 Å². The van der Waals surface area contributed by atoms with Crippen LogP contribution in [0.15, 0.2) is 18.2 Å². The van der Waals surface area contributed by atoms with Gasteiger partial charge in [-0.3, -0.25) is 4.79 Å². The van der Waals surface area contributed by atoms with Crippen molar-refractivity contribution in [1.29, 1.82) is 0 Å². The van der Waals surface area contributed by atoms with Crippen LogP contribution >= 0.6 is 12.4 Å². The van der Waals surface area contributed by atoms with Crippen molar-refractivity contribution in [2.24, 2.45) is 5.92 Å². The lowest BCUT2D eigenvalue weighted by molar-refractivity contribution is -0.139. The van der Waals surface area contributed by atoms with Crippen LogP contribution in [0.25, 0.3) is 0 Å². The van der Waals surface area contributed by atoms with Gasteiger partial charge in [0.05, 0.1) is 0 Å². The van der Waals surface area contributed by atoms with E-state index in [1.54, 1.807) is 0 Å². The van der Waals surface area contributed by atoms with Crippen molar-refractivity contribution in [2.75, 3.05) is 26.7 Å². The molecule has 1 aliphatic heterocycles. The Balaban J connectivity index is 0.00000338. The Labute approximate surface area is 165 Å². The second kappa shape index (κ2) is 10.8. The number of rotatable bonds is 7. The summed E-state index contributed by atoms with van der Waals surface area (Å²) in [6.07, 6.45) is 2.97. The Morgan fingerprint density at radius 2 is 1.92 bits per heavy atom. The van der Waals surface area contributed by atoms with Gasteiger partial charge in [-0.25, -0.2) is 0 Å². The van der Waals surface area contributed by atoms with E-state index >= 15 is 0 Å². The first-order chi connectivity index (χ1) is 11.9. The fraction of sp³-hybridized carbons (Fsp3) is 0.667. The van der Waals surface area contributed by atoms with Gasteiger partial charge in [0.25, 0.3) is 5.91 Å². The maximum absolute atomic E-state index is 12.7.